The van der Waals surface area contributed by atoms with Crippen molar-refractivity contribution in [1.82, 2.24) is 0 Å². The standard InChI is InChI=1S/C17H20O/c1-16(2)14-9-10-17(16,3)15(18)13(14)11-12-7-5-4-6-8-12/h4-8,11,14H,9-10H2,1-3H3/b13-11+. The van der Waals surface area contributed by atoms with Crippen LogP contribution in [0.15, 0.2) is 35.9 Å². The molecule has 1 heteroatoms. The number of hydrogen-bond acceptors (Lipinski definition) is 1. The molecule has 1 aromatic rings. The van der Waals surface area contributed by atoms with Crippen LogP contribution in [0.2, 0.25) is 0 Å². The molecule has 2 unspecified atom stereocenters. The monoisotopic (exact) mass is 240 g/mol. The lowest BCUT2D eigenvalue weighted by atomic mass is 9.70. The zero-order chi connectivity index (χ0) is 13.0. The average molecular weight is 240 g/mol. The minimum Gasteiger partial charge on any atom is -0.294 e. The van der Waals surface area contributed by atoms with Crippen molar-refractivity contribution in [3.63, 3.8) is 0 Å². The van der Waals surface area contributed by atoms with Gasteiger partial charge in [0.15, 0.2) is 5.78 Å². The molecule has 94 valence electrons. The van der Waals surface area contributed by atoms with Crippen LogP contribution in [0.1, 0.15) is 39.2 Å². The minimum atomic E-state index is -0.141. The molecule has 2 fully saturated rings. The first-order chi connectivity index (χ1) is 8.47. The summed E-state index contributed by atoms with van der Waals surface area (Å²) in [6, 6.07) is 10.2. The summed E-state index contributed by atoms with van der Waals surface area (Å²) >= 11 is 0. The number of rotatable bonds is 1. The second kappa shape index (κ2) is 3.57. The van der Waals surface area contributed by atoms with E-state index in [1.807, 2.05) is 18.2 Å². The van der Waals surface area contributed by atoms with E-state index < -0.39 is 0 Å². The number of benzene rings is 1. The largest absolute Gasteiger partial charge is 0.294 e. The second-order valence-electron chi connectivity index (χ2n) is 6.48. The maximum Gasteiger partial charge on any atom is 0.165 e. The third kappa shape index (κ3) is 1.31. The van der Waals surface area contributed by atoms with Crippen molar-refractivity contribution in [2.75, 3.05) is 0 Å². The molecular weight excluding hydrogens is 220 g/mol. The maximum absolute atomic E-state index is 12.6. The van der Waals surface area contributed by atoms with Crippen LogP contribution in [0.3, 0.4) is 0 Å². The van der Waals surface area contributed by atoms with Gasteiger partial charge in [0, 0.05) is 5.41 Å². The summed E-state index contributed by atoms with van der Waals surface area (Å²) in [6.45, 7) is 6.67. The Balaban J connectivity index is 2.07. The van der Waals surface area contributed by atoms with E-state index >= 15 is 0 Å². The molecule has 2 atom stereocenters. The summed E-state index contributed by atoms with van der Waals surface area (Å²) in [5.41, 5.74) is 2.18. The Hall–Kier alpha value is -1.37. The fourth-order valence-electron chi connectivity index (χ4n) is 3.82. The first kappa shape index (κ1) is 11.7. The van der Waals surface area contributed by atoms with Gasteiger partial charge in [0.05, 0.1) is 0 Å². The Morgan fingerprint density at radius 3 is 2.39 bits per heavy atom. The van der Waals surface area contributed by atoms with Crippen molar-refractivity contribution in [2.45, 2.75) is 33.6 Å². The van der Waals surface area contributed by atoms with Gasteiger partial charge in [-0.1, -0.05) is 51.1 Å². The van der Waals surface area contributed by atoms with E-state index in [4.69, 9.17) is 0 Å². The smallest absolute Gasteiger partial charge is 0.165 e. The van der Waals surface area contributed by atoms with Gasteiger partial charge in [-0.3, -0.25) is 4.79 Å². The second-order valence-corrected chi connectivity index (χ2v) is 6.48. The fraction of sp³-hybridized carbons (Fsp3) is 0.471. The first-order valence-electron chi connectivity index (χ1n) is 6.78. The lowest BCUT2D eigenvalue weighted by Gasteiger charge is -2.31. The third-order valence-corrected chi connectivity index (χ3v) is 5.49. The Bertz CT molecular complexity index is 524. The Kier molecular flexibility index (Phi) is 2.32. The van der Waals surface area contributed by atoms with Gasteiger partial charge < -0.3 is 0 Å². The molecular formula is C17H20O. The number of Topliss-reactive ketones (excluding diaryl/α,β-unsaturated/α-hetero) is 1. The molecule has 18 heavy (non-hydrogen) atoms. The highest BCUT2D eigenvalue weighted by molar-refractivity contribution is 6.07. The predicted octanol–water partition coefficient (Wildman–Crippen LogP) is 4.10. The summed E-state index contributed by atoms with van der Waals surface area (Å²) in [6.07, 6.45) is 4.32. The molecule has 0 aromatic heterocycles. The fourth-order valence-corrected chi connectivity index (χ4v) is 3.82. The van der Waals surface area contributed by atoms with Gasteiger partial charge in [-0.15, -0.1) is 0 Å². The summed E-state index contributed by atoms with van der Waals surface area (Å²) in [5, 5.41) is 0. The molecule has 2 aliphatic carbocycles. The highest BCUT2D eigenvalue weighted by Crippen LogP contribution is 2.65. The van der Waals surface area contributed by atoms with E-state index in [0.717, 1.165) is 24.0 Å². The number of hydrogen-bond donors (Lipinski definition) is 0. The van der Waals surface area contributed by atoms with E-state index in [2.05, 4.69) is 39.0 Å². The molecule has 2 bridgehead atoms. The number of carbonyl (C=O) groups excluding carboxylic acids is 1. The maximum atomic E-state index is 12.6. The van der Waals surface area contributed by atoms with Gasteiger partial charge in [-0.2, -0.15) is 0 Å². The quantitative estimate of drug-likeness (QED) is 0.675. The summed E-state index contributed by atoms with van der Waals surface area (Å²) in [5.74, 6) is 0.822. The molecule has 0 amide bonds. The Morgan fingerprint density at radius 2 is 1.83 bits per heavy atom. The van der Waals surface area contributed by atoms with Gasteiger partial charge in [-0.05, 0) is 41.4 Å². The van der Waals surface area contributed by atoms with Crippen molar-refractivity contribution in [3.05, 3.63) is 41.5 Å². The van der Waals surface area contributed by atoms with E-state index in [9.17, 15) is 4.79 Å². The van der Waals surface area contributed by atoms with Gasteiger partial charge >= 0.3 is 0 Å². The lowest BCUT2D eigenvalue weighted by molar-refractivity contribution is -0.125. The molecule has 0 heterocycles. The number of allylic oxidation sites excluding steroid dienone is 1. The summed E-state index contributed by atoms with van der Waals surface area (Å²) in [7, 11) is 0. The van der Waals surface area contributed by atoms with Crippen molar-refractivity contribution >= 4 is 11.9 Å². The van der Waals surface area contributed by atoms with Crippen molar-refractivity contribution in [1.29, 1.82) is 0 Å². The molecule has 3 rings (SSSR count). The number of carbonyl (C=O) groups is 1. The van der Waals surface area contributed by atoms with Crippen LogP contribution < -0.4 is 0 Å². The van der Waals surface area contributed by atoms with E-state index in [1.54, 1.807) is 0 Å². The number of ketones is 1. The van der Waals surface area contributed by atoms with Crippen LogP contribution >= 0.6 is 0 Å². The van der Waals surface area contributed by atoms with Crippen LogP contribution in [-0.4, -0.2) is 5.78 Å². The minimum absolute atomic E-state index is 0.116. The predicted molar refractivity (Wildman–Crippen MR) is 74.0 cm³/mol. The molecule has 0 N–H and O–H groups in total. The molecule has 1 nitrogen and oxygen atoms in total. The van der Waals surface area contributed by atoms with Crippen LogP contribution in [0.4, 0.5) is 0 Å². The van der Waals surface area contributed by atoms with Gasteiger partial charge in [-0.25, -0.2) is 0 Å². The molecule has 2 aliphatic rings. The molecule has 2 saturated carbocycles. The highest BCUT2D eigenvalue weighted by Gasteiger charge is 2.63. The summed E-state index contributed by atoms with van der Waals surface area (Å²) in [4.78, 5) is 12.6. The van der Waals surface area contributed by atoms with Gasteiger partial charge in [0.1, 0.15) is 0 Å². The Morgan fingerprint density at radius 1 is 1.17 bits per heavy atom. The van der Waals surface area contributed by atoms with Gasteiger partial charge in [0.2, 0.25) is 0 Å². The Labute approximate surface area is 109 Å². The topological polar surface area (TPSA) is 17.1 Å². The van der Waals surface area contributed by atoms with Crippen molar-refractivity contribution in [3.8, 4) is 0 Å². The highest BCUT2D eigenvalue weighted by atomic mass is 16.1. The van der Waals surface area contributed by atoms with Crippen LogP contribution in [0, 0.1) is 16.7 Å². The van der Waals surface area contributed by atoms with E-state index in [-0.39, 0.29) is 10.8 Å². The molecule has 1 aromatic carbocycles. The van der Waals surface area contributed by atoms with Crippen molar-refractivity contribution < 1.29 is 4.79 Å². The van der Waals surface area contributed by atoms with E-state index in [0.29, 0.717) is 11.7 Å². The zero-order valence-corrected chi connectivity index (χ0v) is 11.4. The van der Waals surface area contributed by atoms with Crippen LogP contribution in [0.25, 0.3) is 6.08 Å². The van der Waals surface area contributed by atoms with E-state index in [1.165, 1.54) is 0 Å². The number of fused-ring (bicyclic) bond motifs is 2. The molecule has 0 aliphatic heterocycles. The lowest BCUT2D eigenvalue weighted by Crippen LogP contribution is -2.32. The molecule has 0 saturated heterocycles. The average Bonchev–Trinajstić information content (AvgIpc) is 2.65. The van der Waals surface area contributed by atoms with Crippen LogP contribution in [-0.2, 0) is 4.79 Å². The van der Waals surface area contributed by atoms with Crippen molar-refractivity contribution in [2.24, 2.45) is 16.7 Å². The van der Waals surface area contributed by atoms with Crippen LogP contribution in [0.5, 0.6) is 0 Å². The third-order valence-electron chi connectivity index (χ3n) is 5.49. The SMILES string of the molecule is CC12CCC(/C(=C\c3ccccc3)C1=O)C2(C)C. The summed E-state index contributed by atoms with van der Waals surface area (Å²) < 4.78 is 0. The molecule has 0 radical (unpaired) electrons. The first-order valence-corrected chi connectivity index (χ1v) is 6.78. The molecule has 0 spiro atoms. The zero-order valence-electron chi connectivity index (χ0n) is 11.4. The normalized spacial score (nSPS) is 35.4. The van der Waals surface area contributed by atoms with Gasteiger partial charge in [0.25, 0.3) is 0 Å².